The second kappa shape index (κ2) is 26.6. The molecule has 6 heterocycles. The first kappa shape index (κ1) is 60.2. The second-order valence-corrected chi connectivity index (χ2v) is 26.9. The van der Waals surface area contributed by atoms with Crippen LogP contribution in [-0.4, -0.2) is 124 Å². The third-order valence-electron chi connectivity index (χ3n) is 17.0. The number of methoxy groups -OCH3 is 1. The van der Waals surface area contributed by atoms with Crippen molar-refractivity contribution in [1.29, 1.82) is 0 Å². The van der Waals surface area contributed by atoms with Crippen molar-refractivity contribution in [3.63, 3.8) is 0 Å². The molecular formula is C66H73N9O8S3. The summed E-state index contributed by atoms with van der Waals surface area (Å²) in [5.74, 6) is 6.25. The van der Waals surface area contributed by atoms with E-state index in [1.54, 1.807) is 11.3 Å². The number of hydrogen-bond donors (Lipinski definition) is 4. The Labute approximate surface area is 513 Å². The van der Waals surface area contributed by atoms with Gasteiger partial charge in [0.1, 0.15) is 17.8 Å². The summed E-state index contributed by atoms with van der Waals surface area (Å²) < 4.78 is 12.3. The maximum Gasteiger partial charge on any atom is 0.357 e. The number of aromatic nitrogens is 3. The number of β-amino-alcohol motifs (C(OH)–C–C–N with tert-alkyl or cyclic N) is 1. The van der Waals surface area contributed by atoms with Gasteiger partial charge in [-0.25, -0.2) is 19.7 Å². The molecule has 1 saturated carbocycles. The molecule has 17 nitrogen and oxygen atoms in total. The van der Waals surface area contributed by atoms with Gasteiger partial charge in [-0.1, -0.05) is 92.5 Å². The lowest BCUT2D eigenvalue weighted by atomic mass is 9.76. The van der Waals surface area contributed by atoms with Gasteiger partial charge in [0.25, 0.3) is 5.91 Å². The molecule has 4 N–H and O–H groups in total. The van der Waals surface area contributed by atoms with E-state index in [0.717, 1.165) is 98.0 Å². The number of aliphatic hydroxyl groups excluding tert-OH is 1. The molecule has 3 aromatic heterocycles. The molecule has 20 heteroatoms. The summed E-state index contributed by atoms with van der Waals surface area (Å²) in [4.78, 5) is 90.2. The zero-order chi connectivity index (χ0) is 60.1. The number of anilines is 2. The predicted molar refractivity (Wildman–Crippen MR) is 336 cm³/mol. The number of likely N-dealkylation sites (tertiary alicyclic amines) is 2. The Balaban J connectivity index is 0.596. The summed E-state index contributed by atoms with van der Waals surface area (Å²) in [6, 6.07) is 28.2. The summed E-state index contributed by atoms with van der Waals surface area (Å²) in [6.45, 7) is 11.3. The number of esters is 1. The Morgan fingerprint density at radius 3 is 2.40 bits per heavy atom. The summed E-state index contributed by atoms with van der Waals surface area (Å²) in [6.07, 6.45) is 5.61. The first-order valence-electron chi connectivity index (χ1n) is 29.7. The highest BCUT2D eigenvalue weighted by Crippen LogP contribution is 2.38. The fraction of sp³-hybridized carbons (Fsp3) is 0.424. The molecule has 3 atom stereocenters. The van der Waals surface area contributed by atoms with Gasteiger partial charge in [-0.05, 0) is 141 Å². The van der Waals surface area contributed by atoms with Gasteiger partial charge in [0.05, 0.1) is 46.1 Å². The van der Waals surface area contributed by atoms with Gasteiger partial charge < -0.3 is 39.9 Å². The van der Waals surface area contributed by atoms with E-state index in [1.165, 1.54) is 34.7 Å². The number of ether oxygens (including phenoxy) is 2. The van der Waals surface area contributed by atoms with Crippen LogP contribution in [0.3, 0.4) is 0 Å². The number of carbonyl (C=O) groups excluding carboxylic acids is 5. The highest BCUT2D eigenvalue weighted by atomic mass is 32.1. The third-order valence-corrected chi connectivity index (χ3v) is 20.1. The first-order valence-corrected chi connectivity index (χ1v) is 32.2. The molecule has 0 radical (unpaired) electrons. The van der Waals surface area contributed by atoms with E-state index in [1.807, 2.05) is 118 Å². The van der Waals surface area contributed by atoms with Gasteiger partial charge in [-0.3, -0.25) is 24.5 Å². The van der Waals surface area contributed by atoms with Crippen LogP contribution in [0, 0.1) is 36.0 Å². The Kier molecular flexibility index (Phi) is 18.6. The monoisotopic (exact) mass is 1220 g/mol. The van der Waals surface area contributed by atoms with Gasteiger partial charge in [0.2, 0.25) is 17.7 Å². The molecule has 86 heavy (non-hydrogen) atoms. The number of fused-ring (bicyclic) bond motifs is 2. The lowest BCUT2D eigenvalue weighted by Crippen LogP contribution is -2.59. The highest BCUT2D eigenvalue weighted by molar-refractivity contribution is 7.22. The number of amides is 4. The molecule has 4 amide bonds. The Morgan fingerprint density at radius 2 is 1.66 bits per heavy atom. The van der Waals surface area contributed by atoms with Crippen LogP contribution >= 0.6 is 34.0 Å². The number of nitrogens with zero attached hydrogens (tertiary/aromatic N) is 6. The number of rotatable bonds is 18. The number of carbonyl (C=O) groups is 5. The van der Waals surface area contributed by atoms with Crippen LogP contribution in [0.2, 0.25) is 0 Å². The largest absolute Gasteiger partial charge is 0.494 e. The van der Waals surface area contributed by atoms with Crippen molar-refractivity contribution in [3.8, 4) is 28.0 Å². The van der Waals surface area contributed by atoms with Crippen molar-refractivity contribution in [2.75, 3.05) is 50.1 Å². The smallest absolute Gasteiger partial charge is 0.357 e. The molecule has 4 aliphatic rings. The summed E-state index contributed by atoms with van der Waals surface area (Å²) in [5.41, 5.74) is 8.85. The normalized spacial score (nSPS) is 19.2. The fourth-order valence-corrected chi connectivity index (χ4v) is 14.8. The van der Waals surface area contributed by atoms with Gasteiger partial charge in [0, 0.05) is 67.0 Å². The number of thiazole rings is 3. The number of piperidine rings is 1. The van der Waals surface area contributed by atoms with Crippen LogP contribution in [0.25, 0.3) is 20.7 Å². The molecule has 4 aromatic carbocycles. The molecule has 0 unspecified atom stereocenters. The number of hydrogen-bond acceptors (Lipinski definition) is 16. The molecule has 0 bridgehead atoms. The number of para-hydroxylation sites is 1. The maximum atomic E-state index is 14.3. The van der Waals surface area contributed by atoms with Crippen LogP contribution < -0.4 is 25.6 Å². The average Bonchev–Trinajstić information content (AvgIpc) is 1.96. The summed E-state index contributed by atoms with van der Waals surface area (Å²) >= 11 is 4.51. The highest BCUT2D eigenvalue weighted by Gasteiger charge is 2.45. The van der Waals surface area contributed by atoms with Crippen LogP contribution in [0.15, 0.2) is 96.5 Å². The number of nitrogens with one attached hydrogen (secondary N) is 3. The topological polar surface area (TPSA) is 209 Å². The van der Waals surface area contributed by atoms with Gasteiger partial charge in [-0.2, -0.15) is 0 Å². The van der Waals surface area contributed by atoms with E-state index in [2.05, 4.69) is 53.6 Å². The maximum absolute atomic E-state index is 14.3. The van der Waals surface area contributed by atoms with Crippen molar-refractivity contribution in [2.24, 2.45) is 17.3 Å². The van der Waals surface area contributed by atoms with Gasteiger partial charge in [-0.15, -0.1) is 22.7 Å². The van der Waals surface area contributed by atoms with E-state index >= 15 is 0 Å². The lowest BCUT2D eigenvalue weighted by molar-refractivity contribution is -0.144. The van der Waals surface area contributed by atoms with E-state index in [-0.39, 0.29) is 49.1 Å². The molecule has 2 saturated heterocycles. The van der Waals surface area contributed by atoms with Crippen LogP contribution in [-0.2, 0) is 45.1 Å². The van der Waals surface area contributed by atoms with E-state index in [0.29, 0.717) is 78.9 Å². The molecule has 3 aliphatic heterocycles. The molecule has 7 aromatic rings. The minimum Gasteiger partial charge on any atom is -0.494 e. The SMILES string of the molecule is COC(=O)c1nc(N2CCc3cccc(C(=O)Nc4nc5ccccc5s4)c3C2)sc1CCCOc1ccc(C#CCC2CC(N3CCC(C(=O)N[C@H](C(=O)N4C[C@H](O)C[C@H]4C(=O)NCc4ccc(-c5scnc5C)cc4)C(C)(C)C)CC3)C2)cc1. The number of benzene rings is 4. The van der Waals surface area contributed by atoms with Gasteiger partial charge >= 0.3 is 5.97 Å². The van der Waals surface area contributed by atoms with Crippen molar-refractivity contribution >= 4 is 84.1 Å². The quantitative estimate of drug-likeness (QED) is 0.0359. The lowest BCUT2D eigenvalue weighted by Gasteiger charge is -2.45. The molecular weight excluding hydrogens is 1140 g/mol. The van der Waals surface area contributed by atoms with Crippen LogP contribution in [0.5, 0.6) is 5.75 Å². The molecule has 448 valence electrons. The number of aliphatic hydroxyl groups is 1. The minimum absolute atomic E-state index is 0.0270. The Hall–Kier alpha value is -7.54. The summed E-state index contributed by atoms with van der Waals surface area (Å²) in [7, 11) is 1.37. The van der Waals surface area contributed by atoms with E-state index < -0.39 is 29.6 Å². The van der Waals surface area contributed by atoms with Gasteiger partial charge in [0.15, 0.2) is 16.0 Å². The van der Waals surface area contributed by atoms with Crippen LogP contribution in [0.1, 0.15) is 119 Å². The fourth-order valence-electron chi connectivity index (χ4n) is 12.0. The summed E-state index contributed by atoms with van der Waals surface area (Å²) in [5, 5.41) is 21.1. The first-order chi connectivity index (χ1) is 41.5. The molecule has 11 rings (SSSR count). The molecule has 3 fully saturated rings. The molecule has 0 spiro atoms. The van der Waals surface area contributed by atoms with Crippen molar-refractivity contribution < 1.29 is 38.6 Å². The number of aryl methyl sites for hydroxylation is 2. The van der Waals surface area contributed by atoms with Crippen molar-refractivity contribution in [1.82, 2.24) is 35.4 Å². The average molecular weight is 1220 g/mol. The zero-order valence-corrected chi connectivity index (χ0v) is 51.7. The van der Waals surface area contributed by atoms with Crippen molar-refractivity contribution in [3.05, 3.63) is 141 Å². The van der Waals surface area contributed by atoms with Crippen LogP contribution in [0.4, 0.5) is 10.3 Å². The third kappa shape index (κ3) is 14.0. The zero-order valence-electron chi connectivity index (χ0n) is 49.2. The Morgan fingerprint density at radius 1 is 0.884 bits per heavy atom. The molecule has 1 aliphatic carbocycles. The standard InChI is InChI=1S/C66H73N9O8S3/c1-40-57(84-39-68-40)45-22-18-42(19-23-45)36-67-61(79)53-35-48(76)37-75(53)62(80)58(66(2,3)4)71-59(77)46-27-29-73(30-28-46)47-33-43(34-47)12-8-11-41-20-24-49(25-21-41)83-32-10-17-55-56(63(81)82-5)70-65(86-55)74-31-26-44-13-9-14-50(51(44)38-74)60(78)72-64-69-52-15-6-7-16-54(52)85-64/h6-7,9,13-16,18-25,39,43,46-48,53,58,76H,10,12,17,26-38H2,1-5H3,(H,67,79)(H,71,77)(H,69,72,78)/t43?,47?,48-,53+,58-/m1/s1. The van der Waals surface area contributed by atoms with Crippen molar-refractivity contribution in [2.45, 2.75) is 123 Å². The van der Waals surface area contributed by atoms with E-state index in [4.69, 9.17) is 14.5 Å². The van der Waals surface area contributed by atoms with E-state index in [9.17, 15) is 29.1 Å². The Bertz CT molecular complexity index is 3630. The second-order valence-electron chi connectivity index (χ2n) is 24.0. The minimum atomic E-state index is -0.869. The predicted octanol–water partition coefficient (Wildman–Crippen LogP) is 9.84.